The van der Waals surface area contributed by atoms with Gasteiger partial charge in [0, 0.05) is 11.6 Å². The lowest BCUT2D eigenvalue weighted by Crippen LogP contribution is -2.60. The molecule has 1 N–H and O–H groups in total. The summed E-state index contributed by atoms with van der Waals surface area (Å²) in [5, 5.41) is 13.8. The molecule has 146 valence electrons. The van der Waals surface area contributed by atoms with Gasteiger partial charge in [-0.15, -0.1) is 0 Å². The number of carbonyl (C=O) groups is 2. The highest BCUT2D eigenvalue weighted by Crippen LogP contribution is 2.37. The molecule has 1 atom stereocenters. The molecule has 0 fully saturated rings. The minimum Gasteiger partial charge on any atom is -0.481 e. The van der Waals surface area contributed by atoms with Crippen molar-refractivity contribution in [2.24, 2.45) is 0 Å². The molecule has 2 aromatic rings. The predicted octanol–water partition coefficient (Wildman–Crippen LogP) is 3.43. The number of anilines is 2. The van der Waals surface area contributed by atoms with Crippen LogP contribution in [0.4, 0.5) is 17.1 Å². The fraction of sp³-hybridized carbons (Fsp3) is 0.300. The van der Waals surface area contributed by atoms with Gasteiger partial charge >= 0.3 is 0 Å². The van der Waals surface area contributed by atoms with Gasteiger partial charge in [-0.1, -0.05) is 12.1 Å². The number of benzene rings is 2. The van der Waals surface area contributed by atoms with Crippen LogP contribution < -0.4 is 15.0 Å². The first-order valence-corrected chi connectivity index (χ1v) is 8.79. The molecule has 28 heavy (non-hydrogen) atoms. The number of nitrogens with one attached hydrogen (secondary N) is 1. The van der Waals surface area contributed by atoms with Crippen molar-refractivity contribution in [3.8, 4) is 5.75 Å². The van der Waals surface area contributed by atoms with Gasteiger partial charge in [-0.25, -0.2) is 0 Å². The lowest BCUT2D eigenvalue weighted by atomic mass is 9.95. The fourth-order valence-electron chi connectivity index (χ4n) is 3.19. The van der Waals surface area contributed by atoms with Crippen molar-refractivity contribution in [3.05, 3.63) is 58.1 Å². The number of rotatable bonds is 4. The van der Waals surface area contributed by atoms with Gasteiger partial charge in [0.25, 0.3) is 11.6 Å². The van der Waals surface area contributed by atoms with Crippen LogP contribution in [0.25, 0.3) is 0 Å². The summed E-state index contributed by atoms with van der Waals surface area (Å²) in [5.74, 6) is -0.335. The van der Waals surface area contributed by atoms with Gasteiger partial charge in [-0.2, -0.15) is 0 Å². The van der Waals surface area contributed by atoms with Crippen molar-refractivity contribution in [1.29, 1.82) is 0 Å². The average molecular weight is 383 g/mol. The number of nitro benzene ring substituents is 1. The topological polar surface area (TPSA) is 102 Å². The number of hydrogen-bond acceptors (Lipinski definition) is 5. The van der Waals surface area contributed by atoms with Gasteiger partial charge in [0.2, 0.25) is 5.91 Å². The van der Waals surface area contributed by atoms with Crippen LogP contribution in [0.1, 0.15) is 26.3 Å². The highest BCUT2D eigenvalue weighted by molar-refractivity contribution is 6.14. The minimum absolute atomic E-state index is 0.0194. The van der Waals surface area contributed by atoms with Gasteiger partial charge < -0.3 is 10.1 Å². The third-order valence-corrected chi connectivity index (χ3v) is 4.75. The van der Waals surface area contributed by atoms with Crippen molar-refractivity contribution in [3.63, 3.8) is 0 Å². The highest BCUT2D eigenvalue weighted by Gasteiger charge is 2.45. The van der Waals surface area contributed by atoms with Crippen LogP contribution in [-0.4, -0.2) is 28.4 Å². The van der Waals surface area contributed by atoms with Gasteiger partial charge in [0.15, 0.2) is 6.10 Å². The number of ether oxygens (including phenoxy) is 1. The van der Waals surface area contributed by atoms with Crippen molar-refractivity contribution in [1.82, 2.24) is 0 Å². The Bertz CT molecular complexity index is 970. The Morgan fingerprint density at radius 3 is 2.57 bits per heavy atom. The quantitative estimate of drug-likeness (QED) is 0.644. The Balaban J connectivity index is 1.89. The molecule has 1 aliphatic heterocycles. The van der Waals surface area contributed by atoms with E-state index in [1.54, 1.807) is 52.0 Å². The highest BCUT2D eigenvalue weighted by atomic mass is 16.6. The number of nitrogens with zero attached hydrogens (tertiary/aromatic N) is 2. The molecule has 0 aromatic heterocycles. The van der Waals surface area contributed by atoms with Crippen LogP contribution in [0.15, 0.2) is 42.5 Å². The maximum absolute atomic E-state index is 13.2. The van der Waals surface area contributed by atoms with Crippen LogP contribution in [0.3, 0.4) is 0 Å². The van der Waals surface area contributed by atoms with E-state index in [-0.39, 0.29) is 17.5 Å². The molecule has 1 aliphatic rings. The smallest absolute Gasteiger partial charge is 0.272 e. The molecule has 0 radical (unpaired) electrons. The van der Waals surface area contributed by atoms with Gasteiger partial charge in [-0.3, -0.25) is 24.6 Å². The molecule has 0 unspecified atom stereocenters. The minimum atomic E-state index is -1.10. The second-order valence-electron chi connectivity index (χ2n) is 7.17. The zero-order valence-corrected chi connectivity index (χ0v) is 16.1. The first-order chi connectivity index (χ1) is 13.1. The summed E-state index contributed by atoms with van der Waals surface area (Å²) in [6.45, 7) is 6.52. The van der Waals surface area contributed by atoms with Crippen LogP contribution >= 0.6 is 0 Å². The monoisotopic (exact) mass is 383 g/mol. The third-order valence-electron chi connectivity index (χ3n) is 4.75. The molecule has 1 heterocycles. The average Bonchev–Trinajstić information content (AvgIpc) is 2.62. The van der Waals surface area contributed by atoms with Crippen molar-refractivity contribution in [2.75, 3.05) is 10.2 Å². The lowest BCUT2D eigenvalue weighted by Gasteiger charge is -2.42. The number of fused-ring (bicyclic) bond motifs is 1. The second kappa shape index (κ2) is 6.95. The summed E-state index contributed by atoms with van der Waals surface area (Å²) < 4.78 is 5.74. The first-order valence-electron chi connectivity index (χ1n) is 8.79. The van der Waals surface area contributed by atoms with Crippen molar-refractivity contribution < 1.29 is 19.2 Å². The Morgan fingerprint density at radius 1 is 1.25 bits per heavy atom. The standard InChI is InChI=1S/C20H21N3O5/c1-12-11-14(9-10-16(12)23(26)27)28-13(2)18(24)22-17-8-6-5-7-15(17)21-19(25)20(22,3)4/h5-11,13H,1-4H3,(H,21,25)/t13-/m1/s1. The molecule has 0 saturated heterocycles. The fourth-order valence-corrected chi connectivity index (χ4v) is 3.19. The lowest BCUT2D eigenvalue weighted by molar-refractivity contribution is -0.385. The summed E-state index contributed by atoms with van der Waals surface area (Å²) in [4.78, 5) is 37.6. The largest absolute Gasteiger partial charge is 0.481 e. The van der Waals surface area contributed by atoms with Gasteiger partial charge in [-0.05, 0) is 52.0 Å². The Kier molecular flexibility index (Phi) is 4.80. The van der Waals surface area contributed by atoms with Gasteiger partial charge in [0.1, 0.15) is 11.3 Å². The number of carbonyl (C=O) groups excluding carboxylic acids is 2. The predicted molar refractivity (Wildman–Crippen MR) is 105 cm³/mol. The summed E-state index contributed by atoms with van der Waals surface area (Å²) >= 11 is 0. The number of aryl methyl sites for hydroxylation is 1. The van der Waals surface area contributed by atoms with E-state index in [1.165, 1.54) is 23.1 Å². The normalized spacial score (nSPS) is 16.0. The zero-order chi connectivity index (χ0) is 20.6. The van der Waals surface area contributed by atoms with E-state index in [0.29, 0.717) is 22.7 Å². The van der Waals surface area contributed by atoms with Crippen molar-refractivity contribution in [2.45, 2.75) is 39.3 Å². The Morgan fingerprint density at radius 2 is 1.93 bits per heavy atom. The summed E-state index contributed by atoms with van der Waals surface area (Å²) in [6.07, 6.45) is -0.904. The van der Waals surface area contributed by atoms with Crippen LogP contribution in [0.2, 0.25) is 0 Å². The molecule has 0 aliphatic carbocycles. The second-order valence-corrected chi connectivity index (χ2v) is 7.17. The summed E-state index contributed by atoms with van der Waals surface area (Å²) in [6, 6.07) is 11.4. The van der Waals surface area contributed by atoms with E-state index < -0.39 is 16.6 Å². The van der Waals surface area contributed by atoms with Crippen molar-refractivity contribution >= 4 is 28.9 Å². The summed E-state index contributed by atoms with van der Waals surface area (Å²) in [5.41, 5.74) is 0.458. The van der Waals surface area contributed by atoms with E-state index in [4.69, 9.17) is 4.74 Å². The maximum Gasteiger partial charge on any atom is 0.272 e. The number of nitro groups is 1. The van der Waals surface area contributed by atoms with Crippen LogP contribution in [0.5, 0.6) is 5.75 Å². The molecule has 0 spiro atoms. The molecule has 8 nitrogen and oxygen atoms in total. The molecule has 0 saturated carbocycles. The molecule has 3 rings (SSSR count). The molecule has 0 bridgehead atoms. The van der Waals surface area contributed by atoms with Crippen LogP contribution in [-0.2, 0) is 9.59 Å². The van der Waals surface area contributed by atoms with E-state index in [9.17, 15) is 19.7 Å². The molecular weight excluding hydrogens is 362 g/mol. The first kappa shape index (κ1) is 19.3. The summed E-state index contributed by atoms with van der Waals surface area (Å²) in [7, 11) is 0. The maximum atomic E-state index is 13.2. The number of hydrogen-bond donors (Lipinski definition) is 1. The van der Waals surface area contributed by atoms with Crippen LogP contribution in [0, 0.1) is 17.0 Å². The molecular formula is C20H21N3O5. The molecule has 2 aromatic carbocycles. The zero-order valence-electron chi connectivity index (χ0n) is 16.1. The number of amides is 2. The van der Waals surface area contributed by atoms with E-state index in [0.717, 1.165) is 0 Å². The van der Waals surface area contributed by atoms with E-state index in [2.05, 4.69) is 5.32 Å². The van der Waals surface area contributed by atoms with E-state index in [1.807, 2.05) is 0 Å². The Labute approximate surface area is 162 Å². The Hall–Kier alpha value is -3.42. The van der Waals surface area contributed by atoms with Gasteiger partial charge in [0.05, 0.1) is 16.3 Å². The molecule has 8 heteroatoms. The SMILES string of the molecule is Cc1cc(O[C@H](C)C(=O)N2c3ccccc3NC(=O)C2(C)C)ccc1[N+](=O)[O-]. The van der Waals surface area contributed by atoms with E-state index >= 15 is 0 Å². The molecule has 2 amide bonds. The third kappa shape index (κ3) is 3.28. The number of para-hydroxylation sites is 2.